The van der Waals surface area contributed by atoms with Crippen molar-refractivity contribution in [2.75, 3.05) is 19.7 Å². The van der Waals surface area contributed by atoms with E-state index in [2.05, 4.69) is 64.8 Å². The van der Waals surface area contributed by atoms with Crippen molar-refractivity contribution in [2.45, 2.75) is 31.5 Å². The van der Waals surface area contributed by atoms with Crippen LogP contribution in [0, 0.1) is 0 Å². The van der Waals surface area contributed by atoms with Crippen LogP contribution in [0.3, 0.4) is 0 Å². The zero-order valence-corrected chi connectivity index (χ0v) is 13.6. The highest BCUT2D eigenvalue weighted by Crippen LogP contribution is 2.23. The Morgan fingerprint density at radius 2 is 1.43 bits per heavy atom. The standard InChI is InChI=1S/C20H26N2O/c23-17-20(21-15-18-7-3-1-4-8-18)11-13-22(14-12-20)16-19-9-5-2-6-10-19/h1-10,21,23H,11-17H2. The van der Waals surface area contributed by atoms with Crippen LogP contribution in [0.25, 0.3) is 0 Å². The van der Waals surface area contributed by atoms with Crippen molar-refractivity contribution in [3.8, 4) is 0 Å². The highest BCUT2D eigenvalue weighted by atomic mass is 16.3. The minimum atomic E-state index is -0.136. The van der Waals surface area contributed by atoms with Crippen molar-refractivity contribution in [3.63, 3.8) is 0 Å². The number of piperidine rings is 1. The third-order valence-electron chi connectivity index (χ3n) is 4.88. The van der Waals surface area contributed by atoms with Crippen LogP contribution < -0.4 is 5.32 Å². The quantitative estimate of drug-likeness (QED) is 0.861. The molecule has 1 aliphatic heterocycles. The molecule has 23 heavy (non-hydrogen) atoms. The topological polar surface area (TPSA) is 35.5 Å². The van der Waals surface area contributed by atoms with Gasteiger partial charge in [0.05, 0.1) is 6.61 Å². The number of rotatable bonds is 6. The van der Waals surface area contributed by atoms with Gasteiger partial charge in [-0.2, -0.15) is 0 Å². The number of aliphatic hydroxyl groups excluding tert-OH is 1. The molecule has 3 nitrogen and oxygen atoms in total. The van der Waals surface area contributed by atoms with Crippen LogP contribution in [0.5, 0.6) is 0 Å². The number of benzene rings is 2. The maximum absolute atomic E-state index is 9.91. The molecule has 0 spiro atoms. The van der Waals surface area contributed by atoms with Gasteiger partial charge in [0.1, 0.15) is 0 Å². The lowest BCUT2D eigenvalue weighted by Gasteiger charge is -2.41. The van der Waals surface area contributed by atoms with E-state index < -0.39 is 0 Å². The Labute approximate surface area is 139 Å². The zero-order chi connectivity index (χ0) is 16.0. The molecule has 0 aliphatic carbocycles. The molecule has 2 aromatic carbocycles. The van der Waals surface area contributed by atoms with Crippen LogP contribution in [0.1, 0.15) is 24.0 Å². The number of aliphatic hydroxyl groups is 1. The maximum atomic E-state index is 9.91. The summed E-state index contributed by atoms with van der Waals surface area (Å²) in [4.78, 5) is 2.48. The normalized spacial score (nSPS) is 18.0. The van der Waals surface area contributed by atoms with E-state index in [4.69, 9.17) is 0 Å². The van der Waals surface area contributed by atoms with Crippen LogP contribution in [0.15, 0.2) is 60.7 Å². The molecule has 1 saturated heterocycles. The van der Waals surface area contributed by atoms with Gasteiger partial charge in [-0.05, 0) is 24.0 Å². The summed E-state index contributed by atoms with van der Waals surface area (Å²) < 4.78 is 0. The van der Waals surface area contributed by atoms with Crippen LogP contribution in [-0.4, -0.2) is 35.2 Å². The van der Waals surface area contributed by atoms with Crippen molar-refractivity contribution < 1.29 is 5.11 Å². The molecule has 3 heteroatoms. The summed E-state index contributed by atoms with van der Waals surface area (Å²) in [6, 6.07) is 21.0. The number of hydrogen-bond acceptors (Lipinski definition) is 3. The minimum absolute atomic E-state index is 0.136. The minimum Gasteiger partial charge on any atom is -0.394 e. The second kappa shape index (κ2) is 7.73. The van der Waals surface area contributed by atoms with Gasteiger partial charge in [-0.25, -0.2) is 0 Å². The molecule has 122 valence electrons. The SMILES string of the molecule is OCC1(NCc2ccccc2)CCN(Cc2ccccc2)CC1. The van der Waals surface area contributed by atoms with Crippen molar-refractivity contribution in [2.24, 2.45) is 0 Å². The second-order valence-electron chi connectivity index (χ2n) is 6.54. The highest BCUT2D eigenvalue weighted by Gasteiger charge is 2.33. The predicted octanol–water partition coefficient (Wildman–Crippen LogP) is 2.80. The summed E-state index contributed by atoms with van der Waals surface area (Å²) in [5.74, 6) is 0. The largest absolute Gasteiger partial charge is 0.394 e. The average Bonchev–Trinajstić information content (AvgIpc) is 2.63. The van der Waals surface area contributed by atoms with Crippen molar-refractivity contribution in [3.05, 3.63) is 71.8 Å². The Balaban J connectivity index is 1.52. The highest BCUT2D eigenvalue weighted by molar-refractivity contribution is 5.16. The van der Waals surface area contributed by atoms with Crippen molar-refractivity contribution in [1.29, 1.82) is 0 Å². The van der Waals surface area contributed by atoms with E-state index in [0.717, 1.165) is 39.0 Å². The summed E-state index contributed by atoms with van der Waals surface area (Å²) in [5.41, 5.74) is 2.50. The third kappa shape index (κ3) is 4.41. The number of hydrogen-bond donors (Lipinski definition) is 2. The van der Waals surface area contributed by atoms with Gasteiger partial charge >= 0.3 is 0 Å². The summed E-state index contributed by atoms with van der Waals surface area (Å²) in [6.07, 6.45) is 1.98. The van der Waals surface area contributed by atoms with Gasteiger partial charge in [0.25, 0.3) is 0 Å². The van der Waals surface area contributed by atoms with Crippen molar-refractivity contribution >= 4 is 0 Å². The first-order chi connectivity index (χ1) is 11.3. The number of likely N-dealkylation sites (tertiary alicyclic amines) is 1. The van der Waals surface area contributed by atoms with Crippen LogP contribution >= 0.6 is 0 Å². The van der Waals surface area contributed by atoms with E-state index in [1.807, 2.05) is 6.07 Å². The Kier molecular flexibility index (Phi) is 5.44. The molecule has 3 rings (SSSR count). The van der Waals surface area contributed by atoms with Gasteiger partial charge in [-0.1, -0.05) is 60.7 Å². The molecule has 0 atom stereocenters. The zero-order valence-electron chi connectivity index (χ0n) is 13.6. The Bertz CT molecular complexity index is 577. The molecule has 0 aromatic heterocycles. The molecule has 1 heterocycles. The van der Waals surface area contributed by atoms with E-state index in [-0.39, 0.29) is 12.1 Å². The van der Waals surface area contributed by atoms with Crippen LogP contribution in [0.2, 0.25) is 0 Å². The fourth-order valence-corrected chi connectivity index (χ4v) is 3.26. The number of nitrogens with one attached hydrogen (secondary N) is 1. The first-order valence-corrected chi connectivity index (χ1v) is 8.46. The molecule has 0 saturated carbocycles. The average molecular weight is 310 g/mol. The van der Waals surface area contributed by atoms with Gasteiger partial charge in [0.15, 0.2) is 0 Å². The Morgan fingerprint density at radius 1 is 0.870 bits per heavy atom. The molecule has 0 bridgehead atoms. The first kappa shape index (κ1) is 16.2. The lowest BCUT2D eigenvalue weighted by atomic mass is 9.87. The third-order valence-corrected chi connectivity index (χ3v) is 4.88. The molecule has 0 unspecified atom stereocenters. The first-order valence-electron chi connectivity index (χ1n) is 8.46. The van der Waals surface area contributed by atoms with Gasteiger partial charge in [-0.3, -0.25) is 4.90 Å². The molecule has 1 fully saturated rings. The molecule has 2 aromatic rings. The summed E-state index contributed by atoms with van der Waals surface area (Å²) in [6.45, 7) is 4.08. The Hall–Kier alpha value is -1.68. The van der Waals surface area contributed by atoms with Crippen molar-refractivity contribution in [1.82, 2.24) is 10.2 Å². The van der Waals surface area contributed by atoms with E-state index >= 15 is 0 Å². The fraction of sp³-hybridized carbons (Fsp3) is 0.400. The maximum Gasteiger partial charge on any atom is 0.0614 e. The van der Waals surface area contributed by atoms with Crippen LogP contribution in [0.4, 0.5) is 0 Å². The fourth-order valence-electron chi connectivity index (χ4n) is 3.26. The smallest absolute Gasteiger partial charge is 0.0614 e. The molecular formula is C20H26N2O. The molecule has 0 radical (unpaired) electrons. The predicted molar refractivity (Wildman–Crippen MR) is 94.1 cm³/mol. The van der Waals surface area contributed by atoms with E-state index in [0.29, 0.717) is 0 Å². The van der Waals surface area contributed by atoms with E-state index in [9.17, 15) is 5.11 Å². The van der Waals surface area contributed by atoms with E-state index in [1.165, 1.54) is 11.1 Å². The molecule has 2 N–H and O–H groups in total. The van der Waals surface area contributed by atoms with Gasteiger partial charge < -0.3 is 10.4 Å². The van der Waals surface area contributed by atoms with Crippen LogP contribution in [-0.2, 0) is 13.1 Å². The second-order valence-corrected chi connectivity index (χ2v) is 6.54. The molecule has 0 amide bonds. The van der Waals surface area contributed by atoms with Gasteiger partial charge in [0, 0.05) is 31.7 Å². The number of nitrogens with zero attached hydrogens (tertiary/aromatic N) is 1. The summed E-state index contributed by atoms with van der Waals surface area (Å²) >= 11 is 0. The summed E-state index contributed by atoms with van der Waals surface area (Å²) in [5, 5.41) is 13.5. The lowest BCUT2D eigenvalue weighted by molar-refractivity contribution is 0.0742. The van der Waals surface area contributed by atoms with Gasteiger partial charge in [0.2, 0.25) is 0 Å². The van der Waals surface area contributed by atoms with Gasteiger partial charge in [-0.15, -0.1) is 0 Å². The molecular weight excluding hydrogens is 284 g/mol. The Morgan fingerprint density at radius 3 is 2.00 bits per heavy atom. The lowest BCUT2D eigenvalue weighted by Crippen LogP contribution is -2.55. The van der Waals surface area contributed by atoms with E-state index in [1.54, 1.807) is 0 Å². The summed E-state index contributed by atoms with van der Waals surface area (Å²) in [7, 11) is 0. The monoisotopic (exact) mass is 310 g/mol. The molecule has 1 aliphatic rings.